The number of nitrogens with zero attached hydrogens (tertiary/aromatic N) is 1. The number of para-hydroxylation sites is 1. The van der Waals surface area contributed by atoms with Crippen LogP contribution >= 0.6 is 27.7 Å². The normalized spacial score (nSPS) is 15.1. The zero-order valence-corrected chi connectivity index (χ0v) is 18.8. The lowest BCUT2D eigenvalue weighted by Crippen LogP contribution is -2.36. The highest BCUT2D eigenvalue weighted by molar-refractivity contribution is 9.10. The molecule has 0 spiro atoms. The van der Waals surface area contributed by atoms with Crippen LogP contribution in [0.15, 0.2) is 51.8 Å². The summed E-state index contributed by atoms with van der Waals surface area (Å²) >= 11 is 5.03. The third-order valence-electron chi connectivity index (χ3n) is 4.44. The van der Waals surface area contributed by atoms with Gasteiger partial charge in [0.05, 0.1) is 20.3 Å². The Morgan fingerprint density at radius 3 is 2.69 bits per heavy atom. The maximum absolute atomic E-state index is 12.6. The number of esters is 1. The average molecular weight is 482 g/mol. The summed E-state index contributed by atoms with van der Waals surface area (Å²) in [5.74, 6) is 0.261. The summed E-state index contributed by atoms with van der Waals surface area (Å²) in [6, 6.07) is 13.6. The maximum Gasteiger partial charge on any atom is 0.323 e. The van der Waals surface area contributed by atoms with Gasteiger partial charge in [-0.2, -0.15) is 0 Å². The summed E-state index contributed by atoms with van der Waals surface area (Å²) in [5.41, 5.74) is 1.84. The van der Waals surface area contributed by atoms with Gasteiger partial charge in [-0.25, -0.2) is 0 Å². The van der Waals surface area contributed by atoms with Gasteiger partial charge in [0.1, 0.15) is 11.0 Å². The van der Waals surface area contributed by atoms with E-state index in [1.165, 1.54) is 18.9 Å². The van der Waals surface area contributed by atoms with Crippen molar-refractivity contribution in [2.75, 3.05) is 52.2 Å². The van der Waals surface area contributed by atoms with Gasteiger partial charge in [0.2, 0.25) is 0 Å². The summed E-state index contributed by atoms with van der Waals surface area (Å²) in [7, 11) is 2.96. The molecule has 8 heteroatoms. The van der Waals surface area contributed by atoms with Gasteiger partial charge in [0.15, 0.2) is 6.79 Å². The van der Waals surface area contributed by atoms with Crippen LogP contribution in [0.4, 0.5) is 5.69 Å². The second-order valence-electron chi connectivity index (χ2n) is 6.35. The van der Waals surface area contributed by atoms with E-state index in [-0.39, 0.29) is 12.8 Å². The first-order valence-corrected chi connectivity index (χ1v) is 10.9. The summed E-state index contributed by atoms with van der Waals surface area (Å²) in [6.45, 7) is 3.21. The van der Waals surface area contributed by atoms with E-state index in [2.05, 4.69) is 33.0 Å². The molecule has 1 fully saturated rings. The number of morpholine rings is 1. The number of thioether (sulfide) groups is 1. The Hall–Kier alpha value is -1.74. The van der Waals surface area contributed by atoms with Crippen molar-refractivity contribution in [2.45, 2.75) is 10.1 Å². The fourth-order valence-corrected chi connectivity index (χ4v) is 4.86. The van der Waals surface area contributed by atoms with Crippen LogP contribution in [0.3, 0.4) is 0 Å². The molecule has 0 amide bonds. The Morgan fingerprint density at radius 1 is 1.21 bits per heavy atom. The van der Waals surface area contributed by atoms with Crippen LogP contribution in [0.2, 0.25) is 0 Å². The number of benzene rings is 2. The van der Waals surface area contributed by atoms with Gasteiger partial charge < -0.3 is 23.8 Å². The Bertz CT molecular complexity index is 828. The number of rotatable bonds is 8. The second-order valence-corrected chi connectivity index (χ2v) is 8.45. The number of halogens is 1. The van der Waals surface area contributed by atoms with E-state index in [4.69, 9.17) is 18.9 Å². The third-order valence-corrected chi connectivity index (χ3v) is 6.08. The summed E-state index contributed by atoms with van der Waals surface area (Å²) in [4.78, 5) is 15.9. The molecule has 156 valence electrons. The molecule has 6 nitrogen and oxygen atoms in total. The molecule has 0 N–H and O–H groups in total. The molecule has 1 aliphatic rings. The van der Waals surface area contributed by atoms with Crippen molar-refractivity contribution in [3.05, 3.63) is 52.5 Å². The molecule has 0 radical (unpaired) electrons. The molecule has 1 unspecified atom stereocenters. The Labute approximate surface area is 183 Å². The van der Waals surface area contributed by atoms with Gasteiger partial charge in [-0.3, -0.25) is 4.79 Å². The zero-order chi connectivity index (χ0) is 20.6. The van der Waals surface area contributed by atoms with E-state index in [1.54, 1.807) is 7.11 Å². The molecule has 3 rings (SSSR count). The fraction of sp³-hybridized carbons (Fsp3) is 0.381. The first-order chi connectivity index (χ1) is 14.1. The average Bonchev–Trinajstić information content (AvgIpc) is 2.76. The van der Waals surface area contributed by atoms with Crippen LogP contribution in [0.1, 0.15) is 10.8 Å². The van der Waals surface area contributed by atoms with E-state index in [9.17, 15) is 4.79 Å². The molecule has 1 atom stereocenters. The number of hydrogen-bond acceptors (Lipinski definition) is 7. The van der Waals surface area contributed by atoms with Gasteiger partial charge in [0, 0.05) is 40.8 Å². The first-order valence-electron chi connectivity index (χ1n) is 9.21. The van der Waals surface area contributed by atoms with E-state index < -0.39 is 5.25 Å². The van der Waals surface area contributed by atoms with E-state index in [0.717, 1.165) is 33.7 Å². The maximum atomic E-state index is 12.6. The van der Waals surface area contributed by atoms with Crippen LogP contribution in [0.25, 0.3) is 0 Å². The number of anilines is 1. The van der Waals surface area contributed by atoms with Crippen molar-refractivity contribution in [2.24, 2.45) is 0 Å². The molecule has 0 saturated carbocycles. The zero-order valence-electron chi connectivity index (χ0n) is 16.4. The highest BCUT2D eigenvalue weighted by atomic mass is 79.9. The van der Waals surface area contributed by atoms with Gasteiger partial charge in [-0.1, -0.05) is 34.1 Å². The van der Waals surface area contributed by atoms with Crippen LogP contribution < -0.4 is 9.64 Å². The lowest BCUT2D eigenvalue weighted by molar-refractivity contribution is -0.140. The number of carbonyl (C=O) groups excluding carboxylic acids is 1. The number of carbonyl (C=O) groups is 1. The number of methoxy groups -OCH3 is 2. The standard InChI is InChI=1S/C21H24BrNO5S/c1-25-14-28-19-6-4-3-5-18(19)20(21(24)26-2)29-17-12-15(22)11-16(13-17)23-7-9-27-10-8-23/h3-6,11-13,20H,7-10,14H2,1-2H3. The molecule has 0 bridgehead atoms. The highest BCUT2D eigenvalue weighted by Crippen LogP contribution is 2.42. The predicted molar refractivity (Wildman–Crippen MR) is 117 cm³/mol. The molecular formula is C21H24BrNO5S. The first kappa shape index (κ1) is 22.0. The molecule has 0 aromatic heterocycles. The molecule has 2 aromatic carbocycles. The third kappa shape index (κ3) is 5.88. The molecule has 1 aliphatic heterocycles. The minimum absolute atomic E-state index is 0.105. The summed E-state index contributed by atoms with van der Waals surface area (Å²) in [5, 5.41) is -0.570. The summed E-state index contributed by atoms with van der Waals surface area (Å²) in [6.07, 6.45) is 0. The molecule has 29 heavy (non-hydrogen) atoms. The second kappa shape index (κ2) is 10.9. The Kier molecular flexibility index (Phi) is 8.23. The SMILES string of the molecule is COCOc1ccccc1C(Sc1cc(Br)cc(N2CCOCC2)c1)C(=O)OC. The van der Waals surface area contributed by atoms with E-state index in [1.807, 2.05) is 30.3 Å². The summed E-state index contributed by atoms with van der Waals surface area (Å²) < 4.78 is 22.2. The molecular weight excluding hydrogens is 458 g/mol. The van der Waals surface area contributed by atoms with Crippen LogP contribution in [0, 0.1) is 0 Å². The molecule has 1 saturated heterocycles. The molecule has 2 aromatic rings. The monoisotopic (exact) mass is 481 g/mol. The van der Waals surface area contributed by atoms with Gasteiger partial charge >= 0.3 is 5.97 Å². The van der Waals surface area contributed by atoms with Crippen molar-refractivity contribution in [1.29, 1.82) is 0 Å². The van der Waals surface area contributed by atoms with Gasteiger partial charge in [-0.05, 0) is 24.3 Å². The number of hydrogen-bond donors (Lipinski definition) is 0. The van der Waals surface area contributed by atoms with Crippen LogP contribution in [0.5, 0.6) is 5.75 Å². The molecule has 0 aliphatic carbocycles. The van der Waals surface area contributed by atoms with E-state index in [0.29, 0.717) is 19.0 Å². The van der Waals surface area contributed by atoms with Crippen molar-refractivity contribution in [3.8, 4) is 5.75 Å². The van der Waals surface area contributed by atoms with Gasteiger partial charge in [0.25, 0.3) is 0 Å². The highest BCUT2D eigenvalue weighted by Gasteiger charge is 2.27. The predicted octanol–water partition coefficient (Wildman–Crippen LogP) is 4.27. The number of ether oxygens (including phenoxy) is 4. The van der Waals surface area contributed by atoms with Crippen molar-refractivity contribution in [1.82, 2.24) is 0 Å². The van der Waals surface area contributed by atoms with Crippen LogP contribution in [-0.4, -0.2) is 53.3 Å². The van der Waals surface area contributed by atoms with Crippen LogP contribution in [-0.2, 0) is 19.0 Å². The Morgan fingerprint density at radius 2 is 1.97 bits per heavy atom. The van der Waals surface area contributed by atoms with Crippen molar-refractivity contribution >= 4 is 39.3 Å². The smallest absolute Gasteiger partial charge is 0.323 e. The lowest BCUT2D eigenvalue weighted by atomic mass is 10.1. The minimum atomic E-state index is -0.570. The van der Waals surface area contributed by atoms with Crippen molar-refractivity contribution < 1.29 is 23.7 Å². The quantitative estimate of drug-likeness (QED) is 0.316. The topological polar surface area (TPSA) is 57.2 Å². The van der Waals surface area contributed by atoms with Gasteiger partial charge in [-0.15, -0.1) is 11.8 Å². The van der Waals surface area contributed by atoms with E-state index >= 15 is 0 Å². The fourth-order valence-electron chi connectivity index (χ4n) is 3.05. The molecule has 1 heterocycles. The Balaban J connectivity index is 1.90. The lowest BCUT2D eigenvalue weighted by Gasteiger charge is -2.29. The largest absolute Gasteiger partial charge is 0.468 e. The minimum Gasteiger partial charge on any atom is -0.468 e. The van der Waals surface area contributed by atoms with Crippen molar-refractivity contribution in [3.63, 3.8) is 0 Å².